The summed E-state index contributed by atoms with van der Waals surface area (Å²) in [6.07, 6.45) is 3.36. The molecule has 0 saturated carbocycles. The second-order valence-corrected chi connectivity index (χ2v) is 6.12. The highest BCUT2D eigenvalue weighted by Gasteiger charge is 2.30. The maximum absolute atomic E-state index is 12.2. The molecule has 2 fully saturated rings. The first-order valence-corrected chi connectivity index (χ1v) is 7.46. The molecule has 2 rings (SSSR count). The van der Waals surface area contributed by atoms with E-state index in [1.807, 2.05) is 0 Å². The summed E-state index contributed by atoms with van der Waals surface area (Å²) in [5.41, 5.74) is 0. The van der Waals surface area contributed by atoms with Gasteiger partial charge < -0.3 is 20.2 Å². The average Bonchev–Trinajstić information content (AvgIpc) is 2.43. The van der Waals surface area contributed by atoms with Crippen LogP contribution in [0.25, 0.3) is 0 Å². The maximum Gasteiger partial charge on any atom is 0.317 e. The van der Waals surface area contributed by atoms with Gasteiger partial charge in [-0.3, -0.25) is 4.79 Å². The molecule has 6 nitrogen and oxygen atoms in total. The van der Waals surface area contributed by atoms with E-state index >= 15 is 0 Å². The number of carboxylic acid groups (broad SMARTS) is 1. The van der Waals surface area contributed by atoms with Gasteiger partial charge >= 0.3 is 12.0 Å². The lowest BCUT2D eigenvalue weighted by atomic mass is 9.98. The van der Waals surface area contributed by atoms with Gasteiger partial charge in [-0.2, -0.15) is 0 Å². The monoisotopic (exact) mass is 283 g/mol. The first-order chi connectivity index (χ1) is 9.47. The van der Waals surface area contributed by atoms with Crippen LogP contribution in [-0.2, 0) is 4.79 Å². The molecule has 3 atom stereocenters. The zero-order valence-electron chi connectivity index (χ0n) is 12.3. The largest absolute Gasteiger partial charge is 0.481 e. The summed E-state index contributed by atoms with van der Waals surface area (Å²) in [6.45, 7) is 4.16. The number of likely N-dealkylation sites (tertiary alicyclic amines) is 2. The summed E-state index contributed by atoms with van der Waals surface area (Å²) in [5.74, 6) is -1.21. The van der Waals surface area contributed by atoms with Crippen molar-refractivity contribution in [2.24, 2.45) is 5.92 Å². The van der Waals surface area contributed by atoms with Crippen LogP contribution in [0.15, 0.2) is 0 Å². The predicted octanol–water partition coefficient (Wildman–Crippen LogP) is 0.975. The van der Waals surface area contributed by atoms with Crippen LogP contribution in [0.4, 0.5) is 4.79 Å². The van der Waals surface area contributed by atoms with Crippen LogP contribution in [0, 0.1) is 5.92 Å². The Morgan fingerprint density at radius 2 is 2.00 bits per heavy atom. The summed E-state index contributed by atoms with van der Waals surface area (Å²) in [6, 6.07) is 0.582. The van der Waals surface area contributed by atoms with Crippen molar-refractivity contribution in [2.75, 3.05) is 26.7 Å². The minimum atomic E-state index is -0.796. The van der Waals surface area contributed by atoms with Gasteiger partial charge in [-0.05, 0) is 39.7 Å². The number of piperidine rings is 2. The van der Waals surface area contributed by atoms with Gasteiger partial charge in [0.25, 0.3) is 0 Å². The Hall–Kier alpha value is -1.30. The number of carboxylic acids is 1. The summed E-state index contributed by atoms with van der Waals surface area (Å²) in [7, 11) is 2.10. The Balaban J connectivity index is 1.84. The molecule has 2 heterocycles. The van der Waals surface area contributed by atoms with Gasteiger partial charge in [-0.1, -0.05) is 0 Å². The van der Waals surface area contributed by atoms with Gasteiger partial charge in [0.1, 0.15) is 0 Å². The molecule has 6 heteroatoms. The number of nitrogens with zero attached hydrogens (tertiary/aromatic N) is 2. The molecular formula is C14H25N3O3. The quantitative estimate of drug-likeness (QED) is 0.792. The first-order valence-electron chi connectivity index (χ1n) is 7.46. The van der Waals surface area contributed by atoms with E-state index < -0.39 is 11.9 Å². The van der Waals surface area contributed by atoms with Crippen molar-refractivity contribution >= 4 is 12.0 Å². The fourth-order valence-corrected chi connectivity index (χ4v) is 3.05. The van der Waals surface area contributed by atoms with Gasteiger partial charge in [0, 0.05) is 31.7 Å². The van der Waals surface area contributed by atoms with Gasteiger partial charge in [-0.25, -0.2) is 4.79 Å². The van der Waals surface area contributed by atoms with Gasteiger partial charge in [0.05, 0.1) is 5.92 Å². The molecule has 2 aliphatic rings. The fourth-order valence-electron chi connectivity index (χ4n) is 3.05. The lowest BCUT2D eigenvalue weighted by Gasteiger charge is -2.37. The van der Waals surface area contributed by atoms with Gasteiger partial charge in [0.2, 0.25) is 0 Å². The van der Waals surface area contributed by atoms with Crippen LogP contribution in [0.3, 0.4) is 0 Å². The number of hydrogen-bond donors (Lipinski definition) is 2. The highest BCUT2D eigenvalue weighted by Crippen LogP contribution is 2.19. The second kappa shape index (κ2) is 6.43. The molecule has 2 saturated heterocycles. The van der Waals surface area contributed by atoms with Crippen molar-refractivity contribution in [1.82, 2.24) is 15.1 Å². The number of hydrogen-bond acceptors (Lipinski definition) is 3. The zero-order valence-corrected chi connectivity index (χ0v) is 12.3. The Kier molecular flexibility index (Phi) is 4.86. The number of urea groups is 1. The van der Waals surface area contributed by atoms with Crippen LogP contribution in [0.2, 0.25) is 0 Å². The molecule has 0 spiro atoms. The van der Waals surface area contributed by atoms with E-state index in [4.69, 9.17) is 5.11 Å². The third-order valence-electron chi connectivity index (χ3n) is 4.59. The molecule has 0 radical (unpaired) electrons. The molecule has 0 aromatic carbocycles. The smallest absolute Gasteiger partial charge is 0.317 e. The summed E-state index contributed by atoms with van der Waals surface area (Å²) in [4.78, 5) is 27.2. The lowest BCUT2D eigenvalue weighted by Crippen LogP contribution is -2.53. The highest BCUT2D eigenvalue weighted by molar-refractivity contribution is 5.76. The molecule has 2 N–H and O–H groups in total. The molecular weight excluding hydrogens is 258 g/mol. The van der Waals surface area contributed by atoms with E-state index in [9.17, 15) is 9.59 Å². The van der Waals surface area contributed by atoms with Crippen LogP contribution >= 0.6 is 0 Å². The molecule has 0 aromatic heterocycles. The Morgan fingerprint density at radius 1 is 1.25 bits per heavy atom. The van der Waals surface area contributed by atoms with Crippen LogP contribution < -0.4 is 5.32 Å². The van der Waals surface area contributed by atoms with Crippen molar-refractivity contribution in [3.05, 3.63) is 0 Å². The molecule has 0 bridgehead atoms. The zero-order chi connectivity index (χ0) is 14.7. The molecule has 3 unspecified atom stereocenters. The highest BCUT2D eigenvalue weighted by atomic mass is 16.4. The Bertz CT molecular complexity index is 375. The minimum Gasteiger partial charge on any atom is -0.481 e. The van der Waals surface area contributed by atoms with E-state index in [-0.39, 0.29) is 12.1 Å². The molecule has 2 amide bonds. The molecule has 114 valence electrons. The lowest BCUT2D eigenvalue weighted by molar-refractivity contribution is -0.143. The van der Waals surface area contributed by atoms with E-state index in [0.717, 1.165) is 25.8 Å². The second-order valence-electron chi connectivity index (χ2n) is 6.12. The van der Waals surface area contributed by atoms with Crippen molar-refractivity contribution < 1.29 is 14.7 Å². The Morgan fingerprint density at radius 3 is 2.65 bits per heavy atom. The number of amides is 2. The van der Waals surface area contributed by atoms with E-state index in [2.05, 4.69) is 24.2 Å². The maximum atomic E-state index is 12.2. The van der Waals surface area contributed by atoms with Crippen molar-refractivity contribution in [3.63, 3.8) is 0 Å². The molecule has 20 heavy (non-hydrogen) atoms. The number of carbonyl (C=O) groups excluding carboxylic acids is 1. The topological polar surface area (TPSA) is 72.9 Å². The Labute approximate surface area is 120 Å². The van der Waals surface area contributed by atoms with Crippen molar-refractivity contribution in [2.45, 2.75) is 44.7 Å². The SMILES string of the molecule is CC1CC(NC(=O)N2CCCC(C(=O)O)C2)CCN1C. The molecule has 2 aliphatic heterocycles. The fraction of sp³-hybridized carbons (Fsp3) is 0.857. The number of aliphatic carboxylic acids is 1. The van der Waals surface area contributed by atoms with Crippen molar-refractivity contribution in [3.8, 4) is 0 Å². The van der Waals surface area contributed by atoms with Crippen LogP contribution in [0.5, 0.6) is 0 Å². The number of nitrogens with one attached hydrogen (secondary N) is 1. The average molecular weight is 283 g/mol. The minimum absolute atomic E-state index is 0.0993. The molecule has 0 aromatic rings. The summed E-state index contributed by atoms with van der Waals surface area (Å²) in [5, 5.41) is 12.1. The van der Waals surface area contributed by atoms with Crippen LogP contribution in [0.1, 0.15) is 32.6 Å². The number of rotatable bonds is 2. The van der Waals surface area contributed by atoms with E-state index in [1.165, 1.54) is 0 Å². The van der Waals surface area contributed by atoms with Crippen LogP contribution in [-0.4, -0.2) is 65.7 Å². The molecule has 0 aliphatic carbocycles. The third kappa shape index (κ3) is 3.62. The van der Waals surface area contributed by atoms with Gasteiger partial charge in [0.15, 0.2) is 0 Å². The predicted molar refractivity (Wildman–Crippen MR) is 75.6 cm³/mol. The van der Waals surface area contributed by atoms with E-state index in [1.54, 1.807) is 4.90 Å². The van der Waals surface area contributed by atoms with Gasteiger partial charge in [-0.15, -0.1) is 0 Å². The summed E-state index contributed by atoms with van der Waals surface area (Å²) >= 11 is 0. The summed E-state index contributed by atoms with van der Waals surface area (Å²) < 4.78 is 0. The standard InChI is InChI=1S/C14H25N3O3/c1-10-8-12(5-7-16(10)2)15-14(20)17-6-3-4-11(9-17)13(18)19/h10-12H,3-9H2,1-2H3,(H,15,20)(H,18,19). The van der Waals surface area contributed by atoms with Crippen molar-refractivity contribution in [1.29, 1.82) is 0 Å². The normalized spacial score (nSPS) is 31.9. The number of carbonyl (C=O) groups is 2. The first kappa shape index (κ1) is 15.1. The third-order valence-corrected chi connectivity index (χ3v) is 4.59. The van der Waals surface area contributed by atoms with E-state index in [0.29, 0.717) is 25.6 Å².